The molecule has 0 aromatic carbocycles. The summed E-state index contributed by atoms with van der Waals surface area (Å²) in [7, 11) is -2.86. The van der Waals surface area contributed by atoms with Crippen molar-refractivity contribution in [1.82, 2.24) is 20.0 Å². The largest absolute Gasteiger partial charge is 0.300 e. The summed E-state index contributed by atoms with van der Waals surface area (Å²) in [5, 5.41) is 10.6. The van der Waals surface area contributed by atoms with Crippen LogP contribution < -0.4 is 0 Å². The average molecular weight is 332 g/mol. The normalized spacial score (nSPS) is 18.5. The van der Waals surface area contributed by atoms with Crippen molar-refractivity contribution in [3.8, 4) is 0 Å². The highest BCUT2D eigenvalue weighted by atomic mass is 32.2. The van der Waals surface area contributed by atoms with Crippen LogP contribution in [0.5, 0.6) is 0 Å². The number of hydrogen-bond acceptors (Lipinski definition) is 7. The van der Waals surface area contributed by atoms with Crippen LogP contribution in [0.3, 0.4) is 0 Å². The maximum absolute atomic E-state index is 11.2. The molecule has 0 spiro atoms. The third-order valence-corrected chi connectivity index (χ3v) is 5.71. The van der Waals surface area contributed by atoms with Crippen LogP contribution in [0.15, 0.2) is 0 Å². The second kappa shape index (κ2) is 7.13. The van der Waals surface area contributed by atoms with E-state index in [1.165, 1.54) is 6.26 Å². The minimum Gasteiger partial charge on any atom is -0.300 e. The Balaban J connectivity index is 1.76. The number of rotatable bonds is 6. The summed E-state index contributed by atoms with van der Waals surface area (Å²) in [6.07, 6.45) is 1.30. The number of nitrogens with zero attached hydrogens (tertiary/aromatic N) is 4. The molecule has 0 amide bonds. The van der Waals surface area contributed by atoms with Gasteiger partial charge in [0, 0.05) is 44.9 Å². The fraction of sp³-hybridized carbons (Fsp3) is 0.846. The smallest absolute Gasteiger partial charge is 0.148 e. The Hall–Kier alpha value is -0.570. The molecule has 0 saturated carbocycles. The number of sulfone groups is 1. The molecule has 1 aromatic rings. The second-order valence-electron chi connectivity index (χ2n) is 5.94. The molecule has 0 unspecified atom stereocenters. The molecule has 0 radical (unpaired) electrons. The van der Waals surface area contributed by atoms with Crippen molar-refractivity contribution in [1.29, 1.82) is 0 Å². The first-order valence-electron chi connectivity index (χ1n) is 7.28. The average Bonchev–Trinajstić information content (AvgIpc) is 2.86. The lowest BCUT2D eigenvalue weighted by Gasteiger charge is -2.33. The zero-order valence-electron chi connectivity index (χ0n) is 12.9. The molecule has 1 aliphatic heterocycles. The fourth-order valence-electron chi connectivity index (χ4n) is 2.22. The minimum atomic E-state index is -2.86. The van der Waals surface area contributed by atoms with Gasteiger partial charge in [-0.25, -0.2) is 8.42 Å². The molecule has 2 rings (SSSR count). The van der Waals surface area contributed by atoms with Crippen LogP contribution in [0, 0.1) is 0 Å². The van der Waals surface area contributed by atoms with Crippen LogP contribution in [-0.4, -0.2) is 73.1 Å². The van der Waals surface area contributed by atoms with Gasteiger partial charge in [-0.1, -0.05) is 25.2 Å². The maximum Gasteiger partial charge on any atom is 0.148 e. The van der Waals surface area contributed by atoms with E-state index >= 15 is 0 Å². The highest BCUT2D eigenvalue weighted by Crippen LogP contribution is 2.20. The highest BCUT2D eigenvalue weighted by molar-refractivity contribution is 7.90. The van der Waals surface area contributed by atoms with Crippen LogP contribution in [0.25, 0.3) is 0 Å². The Bertz CT molecular complexity index is 548. The van der Waals surface area contributed by atoms with Gasteiger partial charge >= 0.3 is 0 Å². The van der Waals surface area contributed by atoms with Crippen molar-refractivity contribution in [3.05, 3.63) is 10.0 Å². The Labute approximate surface area is 131 Å². The van der Waals surface area contributed by atoms with Gasteiger partial charge in [-0.2, -0.15) is 0 Å². The number of piperazine rings is 1. The van der Waals surface area contributed by atoms with E-state index < -0.39 is 9.84 Å². The van der Waals surface area contributed by atoms with Gasteiger partial charge in [0.05, 0.1) is 12.3 Å². The van der Waals surface area contributed by atoms with Gasteiger partial charge in [-0.05, 0) is 0 Å². The minimum absolute atomic E-state index is 0.251. The Morgan fingerprint density at radius 1 is 1.14 bits per heavy atom. The molecule has 21 heavy (non-hydrogen) atoms. The lowest BCUT2D eigenvalue weighted by atomic mass is 10.2. The SMILES string of the molecule is CC(C)c1nnc(CN2CCN(CCS(C)(=O)=O)CC2)s1. The zero-order chi connectivity index (χ0) is 15.5. The van der Waals surface area contributed by atoms with Crippen LogP contribution in [-0.2, 0) is 16.4 Å². The molecule has 0 aliphatic carbocycles. The first-order chi connectivity index (χ1) is 9.83. The topological polar surface area (TPSA) is 66.4 Å². The monoisotopic (exact) mass is 332 g/mol. The van der Waals surface area contributed by atoms with E-state index in [1.807, 2.05) is 0 Å². The predicted octanol–water partition coefficient (Wildman–Crippen LogP) is 0.824. The van der Waals surface area contributed by atoms with Gasteiger partial charge in [0.15, 0.2) is 0 Å². The molecule has 6 nitrogen and oxygen atoms in total. The quantitative estimate of drug-likeness (QED) is 0.768. The van der Waals surface area contributed by atoms with E-state index in [-0.39, 0.29) is 5.75 Å². The van der Waals surface area contributed by atoms with Crippen molar-refractivity contribution in [2.45, 2.75) is 26.3 Å². The number of aromatic nitrogens is 2. The molecule has 8 heteroatoms. The standard InChI is InChI=1S/C13H24N4O2S2/c1-11(2)13-15-14-12(20-13)10-17-6-4-16(5-7-17)8-9-21(3,18)19/h11H,4-10H2,1-3H3. The van der Waals surface area contributed by atoms with E-state index in [2.05, 4.69) is 33.8 Å². The van der Waals surface area contributed by atoms with Gasteiger partial charge in [0.25, 0.3) is 0 Å². The predicted molar refractivity (Wildman–Crippen MR) is 85.4 cm³/mol. The summed E-state index contributed by atoms with van der Waals surface area (Å²) in [5.41, 5.74) is 0. The van der Waals surface area contributed by atoms with Crippen LogP contribution in [0.4, 0.5) is 0 Å². The summed E-state index contributed by atoms with van der Waals surface area (Å²) >= 11 is 1.69. The Morgan fingerprint density at radius 3 is 2.29 bits per heavy atom. The van der Waals surface area contributed by atoms with Crippen LogP contribution in [0.2, 0.25) is 0 Å². The molecule has 0 atom stereocenters. The summed E-state index contributed by atoms with van der Waals surface area (Å²) < 4.78 is 22.4. The third-order valence-electron chi connectivity index (χ3n) is 3.58. The Morgan fingerprint density at radius 2 is 1.76 bits per heavy atom. The summed E-state index contributed by atoms with van der Waals surface area (Å²) in [4.78, 5) is 4.58. The van der Waals surface area contributed by atoms with Gasteiger partial charge < -0.3 is 0 Å². The number of hydrogen-bond donors (Lipinski definition) is 0. The van der Waals surface area contributed by atoms with Gasteiger partial charge in [-0.15, -0.1) is 10.2 Å². The first-order valence-corrected chi connectivity index (χ1v) is 10.2. The fourth-order valence-corrected chi connectivity index (χ4v) is 3.70. The van der Waals surface area contributed by atoms with E-state index in [0.29, 0.717) is 12.5 Å². The van der Waals surface area contributed by atoms with Crippen molar-refractivity contribution < 1.29 is 8.42 Å². The summed E-state index contributed by atoms with van der Waals surface area (Å²) in [6, 6.07) is 0. The molecule has 1 aliphatic rings. The van der Waals surface area contributed by atoms with E-state index in [4.69, 9.17) is 0 Å². The molecule has 0 bridgehead atoms. The molecule has 1 fully saturated rings. The van der Waals surface area contributed by atoms with Crippen molar-refractivity contribution in [2.24, 2.45) is 0 Å². The van der Waals surface area contributed by atoms with Gasteiger partial charge in [-0.3, -0.25) is 9.80 Å². The van der Waals surface area contributed by atoms with E-state index in [9.17, 15) is 8.42 Å². The molecule has 1 aromatic heterocycles. The Kier molecular flexibility index (Phi) is 5.70. The van der Waals surface area contributed by atoms with Crippen LogP contribution >= 0.6 is 11.3 Å². The summed E-state index contributed by atoms with van der Waals surface area (Å²) in [6.45, 7) is 9.51. The molecular formula is C13H24N4O2S2. The molecule has 2 heterocycles. The first kappa shape index (κ1) is 16.8. The third kappa shape index (κ3) is 5.61. The van der Waals surface area contributed by atoms with Gasteiger partial charge in [0.1, 0.15) is 19.9 Å². The maximum atomic E-state index is 11.2. The van der Waals surface area contributed by atoms with Gasteiger partial charge in [0.2, 0.25) is 0 Å². The van der Waals surface area contributed by atoms with E-state index in [0.717, 1.165) is 42.7 Å². The summed E-state index contributed by atoms with van der Waals surface area (Å²) in [5.74, 6) is 0.685. The lowest BCUT2D eigenvalue weighted by molar-refractivity contribution is 0.132. The van der Waals surface area contributed by atoms with Crippen molar-refractivity contribution in [3.63, 3.8) is 0 Å². The highest BCUT2D eigenvalue weighted by Gasteiger charge is 2.19. The molecule has 1 saturated heterocycles. The van der Waals surface area contributed by atoms with Crippen molar-refractivity contribution >= 4 is 21.2 Å². The van der Waals surface area contributed by atoms with Crippen molar-refractivity contribution in [2.75, 3.05) is 44.7 Å². The van der Waals surface area contributed by atoms with E-state index in [1.54, 1.807) is 11.3 Å². The molecule has 120 valence electrons. The molecular weight excluding hydrogens is 308 g/mol. The lowest BCUT2D eigenvalue weighted by Crippen LogP contribution is -2.47. The second-order valence-corrected chi connectivity index (χ2v) is 9.29. The van der Waals surface area contributed by atoms with Crippen LogP contribution in [0.1, 0.15) is 29.8 Å². The zero-order valence-corrected chi connectivity index (χ0v) is 14.6. The molecule has 0 N–H and O–H groups in total.